The Morgan fingerprint density at radius 1 is 0.338 bits per heavy atom. The van der Waals surface area contributed by atoms with Crippen molar-refractivity contribution in [2.45, 2.75) is 12.4 Å². The van der Waals surface area contributed by atoms with Crippen molar-refractivity contribution in [3.63, 3.8) is 0 Å². The average molecular weight is 898 g/mol. The molecule has 10 aromatic rings. The summed E-state index contributed by atoms with van der Waals surface area (Å²) in [5, 5.41) is 53.0. The van der Waals surface area contributed by atoms with Crippen LogP contribution in [0, 0.1) is 56.7 Å². The van der Waals surface area contributed by atoms with E-state index in [9.17, 15) is 52.7 Å². The third-order valence-electron chi connectivity index (χ3n) is 12.0. The molecule has 0 aliphatic heterocycles. The van der Waals surface area contributed by atoms with Gasteiger partial charge in [0.1, 0.15) is 6.07 Å². The second kappa shape index (κ2) is 15.8. The number of nitrogens with zero attached hydrogens (tertiary/aromatic N) is 7. The first-order valence-electron chi connectivity index (χ1n) is 20.6. The summed E-state index contributed by atoms with van der Waals surface area (Å²) in [4.78, 5) is 0. The molecule has 0 amide bonds. The molecular formula is C55H25F6N7. The van der Waals surface area contributed by atoms with Gasteiger partial charge in [-0.05, 0) is 119 Å². The van der Waals surface area contributed by atoms with Gasteiger partial charge in [-0.1, -0.05) is 60.7 Å². The minimum atomic E-state index is -5.19. The Morgan fingerprint density at radius 2 is 0.750 bits per heavy atom. The summed E-state index contributed by atoms with van der Waals surface area (Å²) in [6, 6.07) is 49.3. The highest BCUT2D eigenvalue weighted by Gasteiger charge is 2.37. The van der Waals surface area contributed by atoms with E-state index >= 15 is 0 Å². The third-order valence-corrected chi connectivity index (χ3v) is 12.0. The lowest BCUT2D eigenvalue weighted by atomic mass is 9.95. The van der Waals surface area contributed by atoms with Crippen molar-refractivity contribution in [1.82, 2.24) is 9.13 Å². The van der Waals surface area contributed by atoms with Gasteiger partial charge in [0, 0.05) is 27.1 Å². The molecular weight excluding hydrogens is 873 g/mol. The summed E-state index contributed by atoms with van der Waals surface area (Å²) in [6.45, 7) is 0. The van der Waals surface area contributed by atoms with E-state index in [1.165, 1.54) is 24.3 Å². The monoisotopic (exact) mass is 897 g/mol. The molecule has 10 rings (SSSR count). The van der Waals surface area contributed by atoms with Crippen LogP contribution in [0.25, 0.3) is 88.4 Å². The number of aromatic nitrogens is 2. The first-order valence-corrected chi connectivity index (χ1v) is 20.6. The van der Waals surface area contributed by atoms with Gasteiger partial charge in [0.15, 0.2) is 0 Å². The molecule has 0 atom stereocenters. The number of nitriles is 5. The molecule has 0 spiro atoms. The summed E-state index contributed by atoms with van der Waals surface area (Å²) in [5.74, 6) is 0. The number of hydrogen-bond acceptors (Lipinski definition) is 5. The van der Waals surface area contributed by atoms with Gasteiger partial charge in [-0.2, -0.15) is 52.7 Å². The first kappa shape index (κ1) is 42.3. The van der Waals surface area contributed by atoms with Gasteiger partial charge in [0.05, 0.1) is 96.7 Å². The molecule has 0 aliphatic rings. The van der Waals surface area contributed by atoms with E-state index in [-0.39, 0.29) is 50.8 Å². The van der Waals surface area contributed by atoms with Gasteiger partial charge >= 0.3 is 12.4 Å². The first-order chi connectivity index (χ1) is 32.7. The number of benzene rings is 8. The van der Waals surface area contributed by atoms with Gasteiger partial charge in [0.25, 0.3) is 0 Å². The van der Waals surface area contributed by atoms with Crippen molar-refractivity contribution in [1.29, 1.82) is 26.3 Å². The van der Waals surface area contributed by atoms with Crippen LogP contribution in [0.1, 0.15) is 38.9 Å². The highest BCUT2D eigenvalue weighted by atomic mass is 19.4. The molecule has 0 N–H and O–H groups in total. The zero-order valence-corrected chi connectivity index (χ0v) is 34.8. The standard InChI is InChI=1S/C55H25F6N7/c56-54(57,58)41-19-39(20-42(24-41)55(59,60)61)47-25-50(67-48-7-3-1-5-43(48)45-11-9-35(21-51(45)67)37-15-31(26-62)13-32(16-37)27-63)40(30-66)23-53(47)68-49-8-4-2-6-44(49)46-12-10-36(22-52(46)68)38-17-33(28-64)14-34(18-38)29-65/h1-25H. The normalized spacial score (nSPS) is 11.6. The number of para-hydroxylation sites is 2. The van der Waals surface area contributed by atoms with Crippen molar-refractivity contribution >= 4 is 43.6 Å². The lowest BCUT2D eigenvalue weighted by Gasteiger charge is -2.21. The minimum absolute atomic E-state index is 0.0144. The Kier molecular flexibility index (Phi) is 9.85. The maximum absolute atomic E-state index is 14.7. The second-order valence-corrected chi connectivity index (χ2v) is 16.0. The van der Waals surface area contributed by atoms with Crippen molar-refractivity contribution in [3.05, 3.63) is 191 Å². The zero-order chi connectivity index (χ0) is 47.6. The van der Waals surface area contributed by atoms with Crippen LogP contribution in [-0.2, 0) is 12.4 Å². The molecule has 322 valence electrons. The fourth-order valence-corrected chi connectivity index (χ4v) is 9.04. The lowest BCUT2D eigenvalue weighted by molar-refractivity contribution is -0.143. The Morgan fingerprint density at radius 3 is 1.16 bits per heavy atom. The number of fused-ring (bicyclic) bond motifs is 6. The summed E-state index contributed by atoms with van der Waals surface area (Å²) in [5.41, 5.74) is 1.82. The molecule has 8 aromatic carbocycles. The third kappa shape index (κ3) is 7.07. The lowest BCUT2D eigenvalue weighted by Crippen LogP contribution is -2.11. The topological polar surface area (TPSA) is 129 Å². The average Bonchev–Trinajstić information content (AvgIpc) is 3.86. The SMILES string of the molecule is N#Cc1cc(C#N)cc(-c2ccc3c4ccccc4n(-c4cc(-c5cc(C(F)(F)F)cc(C(F)(F)F)c5)c(-n5c6ccccc6c6ccc(-c7cc(C#N)cc(C#N)c7)cc65)cc4C#N)c3c2)c1. The summed E-state index contributed by atoms with van der Waals surface area (Å²) in [6.07, 6.45) is -10.4. The van der Waals surface area contributed by atoms with E-state index in [1.54, 1.807) is 88.0 Å². The Balaban J connectivity index is 1.34. The Hall–Kier alpha value is -9.61. The van der Waals surface area contributed by atoms with Crippen LogP contribution in [0.4, 0.5) is 26.3 Å². The molecule has 7 nitrogen and oxygen atoms in total. The number of hydrogen-bond donors (Lipinski definition) is 0. The van der Waals surface area contributed by atoms with E-state index in [1.807, 2.05) is 30.3 Å². The molecule has 0 bridgehead atoms. The molecule has 2 aromatic heterocycles. The molecule has 13 heteroatoms. The van der Waals surface area contributed by atoms with Gasteiger partial charge < -0.3 is 9.13 Å². The number of rotatable bonds is 5. The molecule has 0 saturated carbocycles. The van der Waals surface area contributed by atoms with Gasteiger partial charge in [-0.25, -0.2) is 0 Å². The Labute approximate surface area is 382 Å². The van der Waals surface area contributed by atoms with Crippen LogP contribution in [0.3, 0.4) is 0 Å². The highest BCUT2D eigenvalue weighted by molar-refractivity contribution is 6.12. The summed E-state index contributed by atoms with van der Waals surface area (Å²) >= 11 is 0. The van der Waals surface area contributed by atoms with E-state index in [0.717, 1.165) is 5.39 Å². The van der Waals surface area contributed by atoms with Crippen LogP contribution in [0.15, 0.2) is 152 Å². The quantitative estimate of drug-likeness (QED) is 0.159. The smallest absolute Gasteiger partial charge is 0.309 e. The summed E-state index contributed by atoms with van der Waals surface area (Å²) < 4.78 is 91.7. The van der Waals surface area contributed by atoms with E-state index in [4.69, 9.17) is 0 Å². The summed E-state index contributed by atoms with van der Waals surface area (Å²) in [7, 11) is 0. The maximum Gasteiger partial charge on any atom is 0.416 e. The van der Waals surface area contributed by atoms with Crippen molar-refractivity contribution in [2.24, 2.45) is 0 Å². The van der Waals surface area contributed by atoms with Crippen LogP contribution in [0.5, 0.6) is 0 Å². The van der Waals surface area contributed by atoms with Gasteiger partial charge in [0.2, 0.25) is 0 Å². The number of alkyl halides is 6. The van der Waals surface area contributed by atoms with Crippen molar-refractivity contribution in [2.75, 3.05) is 0 Å². The van der Waals surface area contributed by atoms with E-state index in [2.05, 4.69) is 30.3 Å². The fourth-order valence-electron chi connectivity index (χ4n) is 9.04. The van der Waals surface area contributed by atoms with E-state index < -0.39 is 29.0 Å². The predicted octanol–water partition coefficient (Wildman–Crippen LogP) is 14.3. The maximum atomic E-state index is 14.7. The zero-order valence-electron chi connectivity index (χ0n) is 34.8. The molecule has 0 unspecified atom stereocenters. The molecule has 68 heavy (non-hydrogen) atoms. The van der Waals surface area contributed by atoms with Crippen LogP contribution in [0.2, 0.25) is 0 Å². The highest BCUT2D eigenvalue weighted by Crippen LogP contribution is 2.45. The molecule has 0 fully saturated rings. The van der Waals surface area contributed by atoms with Crippen LogP contribution in [-0.4, -0.2) is 9.13 Å². The van der Waals surface area contributed by atoms with Gasteiger partial charge in [-0.3, -0.25) is 0 Å². The Bertz CT molecular complexity index is 3930. The van der Waals surface area contributed by atoms with Crippen LogP contribution >= 0.6 is 0 Å². The molecule has 2 heterocycles. The fraction of sp³-hybridized carbons (Fsp3) is 0.0364. The van der Waals surface area contributed by atoms with Crippen molar-refractivity contribution in [3.8, 4) is 75.1 Å². The number of halogens is 6. The predicted molar refractivity (Wildman–Crippen MR) is 245 cm³/mol. The van der Waals surface area contributed by atoms with Crippen LogP contribution < -0.4 is 0 Å². The molecule has 0 aliphatic carbocycles. The minimum Gasteiger partial charge on any atom is -0.309 e. The second-order valence-electron chi connectivity index (χ2n) is 16.0. The molecule has 0 saturated heterocycles. The van der Waals surface area contributed by atoms with Crippen molar-refractivity contribution < 1.29 is 26.3 Å². The van der Waals surface area contributed by atoms with Gasteiger partial charge in [-0.15, -0.1) is 0 Å². The molecule has 0 radical (unpaired) electrons. The van der Waals surface area contributed by atoms with E-state index in [0.29, 0.717) is 72.6 Å². The largest absolute Gasteiger partial charge is 0.416 e.